The Labute approximate surface area is 258 Å². The molecule has 0 heterocycles. The van der Waals surface area contributed by atoms with Gasteiger partial charge in [-0.2, -0.15) is 0 Å². The van der Waals surface area contributed by atoms with Crippen molar-refractivity contribution < 1.29 is 14.4 Å². The predicted octanol–water partition coefficient (Wildman–Crippen LogP) is 9.44. The molecule has 240 valence electrons. The van der Waals surface area contributed by atoms with E-state index >= 15 is 0 Å². The van der Waals surface area contributed by atoms with Crippen molar-refractivity contribution in [1.29, 1.82) is 0 Å². The lowest BCUT2D eigenvalue weighted by Gasteiger charge is -2.17. The van der Waals surface area contributed by atoms with E-state index in [0.717, 1.165) is 70.6 Å². The molecule has 2 unspecified atom stereocenters. The Bertz CT molecular complexity index is 835. The first-order chi connectivity index (χ1) is 20.4. The highest BCUT2D eigenvalue weighted by atomic mass is 16.2. The Morgan fingerprint density at radius 3 is 1.43 bits per heavy atom. The summed E-state index contributed by atoms with van der Waals surface area (Å²) in [6.07, 6.45) is 20.0. The van der Waals surface area contributed by atoms with Crippen LogP contribution in [0.15, 0.2) is 18.2 Å². The van der Waals surface area contributed by atoms with E-state index in [1.54, 1.807) is 18.2 Å². The number of anilines is 1. The van der Waals surface area contributed by atoms with Crippen molar-refractivity contribution in [3.8, 4) is 0 Å². The van der Waals surface area contributed by atoms with Crippen molar-refractivity contribution in [1.82, 2.24) is 10.6 Å². The van der Waals surface area contributed by atoms with Crippen molar-refractivity contribution >= 4 is 23.4 Å². The second-order valence-corrected chi connectivity index (χ2v) is 12.2. The maximum Gasteiger partial charge on any atom is 0.251 e. The Morgan fingerprint density at radius 1 is 0.571 bits per heavy atom. The maximum absolute atomic E-state index is 13.2. The summed E-state index contributed by atoms with van der Waals surface area (Å²) in [6, 6.07) is 5.05. The summed E-state index contributed by atoms with van der Waals surface area (Å²) >= 11 is 0. The largest absolute Gasteiger partial charge is 0.352 e. The standard InChI is InChI=1S/C36H63N3O3/c1-6-11-14-15-16-17-18-19-20-23-34(40)39-33-25-31(35(41)37-27-29(9-4)21-12-7-2)24-32(26-33)36(42)38-28-30(10-5)22-13-8-3/h24-26,29-30H,6-23,27-28H2,1-5H3,(H,37,41)(H,38,42)(H,39,40). The highest BCUT2D eigenvalue weighted by Gasteiger charge is 2.17. The quantitative estimate of drug-likeness (QED) is 0.0999. The normalized spacial score (nSPS) is 12.5. The molecular weight excluding hydrogens is 522 g/mol. The van der Waals surface area contributed by atoms with Gasteiger partial charge in [-0.15, -0.1) is 0 Å². The van der Waals surface area contributed by atoms with Gasteiger partial charge >= 0.3 is 0 Å². The van der Waals surface area contributed by atoms with E-state index in [4.69, 9.17) is 0 Å². The third kappa shape index (κ3) is 16.9. The average Bonchev–Trinajstić information content (AvgIpc) is 3.00. The molecule has 2 atom stereocenters. The number of hydrogen-bond donors (Lipinski definition) is 3. The Hall–Kier alpha value is -2.37. The summed E-state index contributed by atoms with van der Waals surface area (Å²) in [5, 5.41) is 9.12. The van der Waals surface area contributed by atoms with Gasteiger partial charge in [0, 0.05) is 36.3 Å². The van der Waals surface area contributed by atoms with Crippen LogP contribution < -0.4 is 16.0 Å². The molecule has 0 saturated heterocycles. The molecule has 0 saturated carbocycles. The van der Waals surface area contributed by atoms with Crippen molar-refractivity contribution in [3.63, 3.8) is 0 Å². The van der Waals surface area contributed by atoms with Crippen LogP contribution in [0.3, 0.4) is 0 Å². The van der Waals surface area contributed by atoms with Gasteiger partial charge in [0.05, 0.1) is 0 Å². The van der Waals surface area contributed by atoms with Crippen molar-refractivity contribution in [2.45, 2.75) is 150 Å². The summed E-state index contributed by atoms with van der Waals surface area (Å²) in [5.74, 6) is 0.389. The van der Waals surface area contributed by atoms with E-state index in [-0.39, 0.29) is 17.7 Å². The van der Waals surface area contributed by atoms with E-state index in [0.29, 0.717) is 48.2 Å². The average molecular weight is 586 g/mol. The van der Waals surface area contributed by atoms with Gasteiger partial charge in [-0.3, -0.25) is 14.4 Å². The number of benzene rings is 1. The smallest absolute Gasteiger partial charge is 0.251 e. The minimum atomic E-state index is -0.205. The summed E-state index contributed by atoms with van der Waals surface area (Å²) in [7, 11) is 0. The van der Waals surface area contributed by atoms with Gasteiger partial charge in [-0.05, 0) is 49.3 Å². The van der Waals surface area contributed by atoms with Crippen molar-refractivity contribution in [2.24, 2.45) is 11.8 Å². The monoisotopic (exact) mass is 585 g/mol. The highest BCUT2D eigenvalue weighted by Crippen LogP contribution is 2.19. The summed E-state index contributed by atoms with van der Waals surface area (Å²) in [5.41, 5.74) is 1.32. The lowest BCUT2D eigenvalue weighted by atomic mass is 9.99. The van der Waals surface area contributed by atoms with Gasteiger partial charge in [0.25, 0.3) is 11.8 Å². The number of rotatable bonds is 25. The van der Waals surface area contributed by atoms with Gasteiger partial charge in [-0.1, -0.05) is 125 Å². The number of carbonyl (C=O) groups is 3. The fourth-order valence-electron chi connectivity index (χ4n) is 5.35. The molecule has 0 bridgehead atoms. The van der Waals surface area contributed by atoms with Crippen LogP contribution in [0.2, 0.25) is 0 Å². The van der Waals surface area contributed by atoms with Crippen LogP contribution in [0, 0.1) is 11.8 Å². The number of unbranched alkanes of at least 4 members (excludes halogenated alkanes) is 10. The topological polar surface area (TPSA) is 87.3 Å². The predicted molar refractivity (Wildman–Crippen MR) is 178 cm³/mol. The van der Waals surface area contributed by atoms with Crippen LogP contribution in [0.1, 0.15) is 171 Å². The first kappa shape index (κ1) is 37.7. The molecule has 42 heavy (non-hydrogen) atoms. The van der Waals surface area contributed by atoms with Gasteiger partial charge in [0.1, 0.15) is 0 Å². The zero-order valence-electron chi connectivity index (χ0n) is 27.8. The molecule has 1 aromatic rings. The van der Waals surface area contributed by atoms with Gasteiger partial charge in [0.2, 0.25) is 5.91 Å². The lowest BCUT2D eigenvalue weighted by Crippen LogP contribution is -2.31. The minimum Gasteiger partial charge on any atom is -0.352 e. The highest BCUT2D eigenvalue weighted by molar-refractivity contribution is 6.02. The molecule has 0 aliphatic heterocycles. The molecule has 6 nitrogen and oxygen atoms in total. The third-order valence-corrected chi connectivity index (χ3v) is 8.44. The van der Waals surface area contributed by atoms with Gasteiger partial charge < -0.3 is 16.0 Å². The van der Waals surface area contributed by atoms with Crippen molar-refractivity contribution in [2.75, 3.05) is 18.4 Å². The summed E-state index contributed by atoms with van der Waals surface area (Å²) in [6.45, 7) is 12.1. The van der Waals surface area contributed by atoms with Crippen LogP contribution in [0.25, 0.3) is 0 Å². The van der Waals surface area contributed by atoms with Crippen LogP contribution in [0.5, 0.6) is 0 Å². The Kier molecular flexibility index (Phi) is 21.6. The number of hydrogen-bond acceptors (Lipinski definition) is 3. The SMILES string of the molecule is CCCCCCCCCCCC(=O)Nc1cc(C(=O)NCC(CC)CCCC)cc(C(=O)NCC(CC)CCCC)c1. The zero-order chi connectivity index (χ0) is 31.0. The van der Waals surface area contributed by atoms with Crippen LogP contribution in [0.4, 0.5) is 5.69 Å². The van der Waals surface area contributed by atoms with E-state index < -0.39 is 0 Å². The third-order valence-electron chi connectivity index (χ3n) is 8.44. The van der Waals surface area contributed by atoms with Crippen LogP contribution in [-0.4, -0.2) is 30.8 Å². The summed E-state index contributed by atoms with van der Waals surface area (Å²) in [4.78, 5) is 39.1. The summed E-state index contributed by atoms with van der Waals surface area (Å²) < 4.78 is 0. The minimum absolute atomic E-state index is 0.0712. The number of nitrogens with one attached hydrogen (secondary N) is 3. The van der Waals surface area contributed by atoms with E-state index in [2.05, 4.69) is 50.6 Å². The fourth-order valence-corrected chi connectivity index (χ4v) is 5.35. The second kappa shape index (κ2) is 24.1. The number of amides is 3. The molecule has 3 N–H and O–H groups in total. The maximum atomic E-state index is 13.2. The molecule has 3 amide bonds. The van der Waals surface area contributed by atoms with Gasteiger partial charge in [0.15, 0.2) is 0 Å². The molecule has 1 rings (SSSR count). The molecule has 0 fully saturated rings. The first-order valence-electron chi connectivity index (χ1n) is 17.4. The van der Waals surface area contributed by atoms with Gasteiger partial charge in [-0.25, -0.2) is 0 Å². The van der Waals surface area contributed by atoms with E-state index in [1.807, 2.05) is 0 Å². The molecule has 0 aromatic heterocycles. The zero-order valence-corrected chi connectivity index (χ0v) is 27.8. The first-order valence-corrected chi connectivity index (χ1v) is 17.4. The van der Waals surface area contributed by atoms with Crippen LogP contribution >= 0.6 is 0 Å². The molecule has 0 radical (unpaired) electrons. The Balaban J connectivity index is 2.84. The fraction of sp³-hybridized carbons (Fsp3) is 0.750. The second-order valence-electron chi connectivity index (χ2n) is 12.2. The van der Waals surface area contributed by atoms with E-state index in [9.17, 15) is 14.4 Å². The molecular formula is C36H63N3O3. The molecule has 0 aliphatic rings. The van der Waals surface area contributed by atoms with E-state index in [1.165, 1.54) is 38.5 Å². The molecule has 0 spiro atoms. The molecule has 0 aliphatic carbocycles. The molecule has 6 heteroatoms. The van der Waals surface area contributed by atoms with Crippen molar-refractivity contribution in [3.05, 3.63) is 29.3 Å². The van der Waals surface area contributed by atoms with Crippen LogP contribution in [-0.2, 0) is 4.79 Å². The lowest BCUT2D eigenvalue weighted by molar-refractivity contribution is -0.116. The molecule has 1 aromatic carbocycles. The Morgan fingerprint density at radius 2 is 1.00 bits per heavy atom. The number of carbonyl (C=O) groups excluding carboxylic acids is 3.